The minimum Gasteiger partial charge on any atom is -0.476 e. The Balaban J connectivity index is 2.21. The second-order valence-electron chi connectivity index (χ2n) is 4.19. The number of aromatic carboxylic acids is 1. The molecule has 1 aliphatic heterocycles. The van der Waals surface area contributed by atoms with E-state index in [1.54, 1.807) is 0 Å². The molecule has 2 heterocycles. The van der Waals surface area contributed by atoms with Gasteiger partial charge in [0.15, 0.2) is 16.6 Å². The van der Waals surface area contributed by atoms with E-state index < -0.39 is 12.0 Å². The topological polar surface area (TPSA) is 108 Å². The minimum absolute atomic E-state index is 0.0891. The van der Waals surface area contributed by atoms with Crippen LogP contribution in [0.15, 0.2) is 0 Å². The van der Waals surface area contributed by atoms with Crippen LogP contribution in [0.2, 0.25) is 0 Å². The Bertz CT molecular complexity index is 509. The van der Waals surface area contributed by atoms with Gasteiger partial charge in [-0.25, -0.2) is 9.78 Å². The van der Waals surface area contributed by atoms with Crippen molar-refractivity contribution in [3.05, 3.63) is 10.6 Å². The third-order valence-corrected chi connectivity index (χ3v) is 3.82. The van der Waals surface area contributed by atoms with Gasteiger partial charge in [0.25, 0.3) is 0 Å². The van der Waals surface area contributed by atoms with Crippen molar-refractivity contribution in [1.29, 1.82) is 0 Å². The molecule has 1 fully saturated rings. The Morgan fingerprint density at radius 2 is 2.26 bits per heavy atom. The summed E-state index contributed by atoms with van der Waals surface area (Å²) in [4.78, 5) is 37.9. The zero-order valence-electron chi connectivity index (χ0n) is 10.2. The first kappa shape index (κ1) is 13.5. The summed E-state index contributed by atoms with van der Waals surface area (Å²) in [5.74, 6) is -1.73. The lowest BCUT2D eigenvalue weighted by Gasteiger charge is -2.22. The number of carbonyl (C=O) groups excluding carboxylic acids is 2. The van der Waals surface area contributed by atoms with Crippen molar-refractivity contribution in [2.75, 3.05) is 11.9 Å². The van der Waals surface area contributed by atoms with E-state index >= 15 is 0 Å². The number of nitrogens with zero attached hydrogens (tertiary/aromatic N) is 1. The number of carboxylic acids is 1. The predicted octanol–water partition coefficient (Wildman–Crippen LogP) is 0.734. The first-order valence-corrected chi connectivity index (χ1v) is 6.60. The van der Waals surface area contributed by atoms with E-state index in [-0.39, 0.29) is 27.4 Å². The molecule has 1 aromatic rings. The van der Waals surface area contributed by atoms with Crippen LogP contribution in [0, 0.1) is 0 Å². The molecule has 19 heavy (non-hydrogen) atoms. The molecule has 102 valence electrons. The maximum Gasteiger partial charge on any atom is 0.356 e. The summed E-state index contributed by atoms with van der Waals surface area (Å²) in [6.07, 6.45) is 1.50. The van der Waals surface area contributed by atoms with Gasteiger partial charge in [-0.05, 0) is 12.8 Å². The van der Waals surface area contributed by atoms with Crippen molar-refractivity contribution >= 4 is 34.1 Å². The van der Waals surface area contributed by atoms with Gasteiger partial charge in [0.2, 0.25) is 5.91 Å². The Morgan fingerprint density at radius 3 is 2.79 bits per heavy atom. The van der Waals surface area contributed by atoms with Gasteiger partial charge in [0.05, 0.1) is 0 Å². The van der Waals surface area contributed by atoms with Crippen molar-refractivity contribution < 1.29 is 19.5 Å². The third kappa shape index (κ3) is 2.90. The zero-order valence-corrected chi connectivity index (χ0v) is 11.0. The molecule has 3 N–H and O–H groups in total. The quantitative estimate of drug-likeness (QED) is 0.703. The summed E-state index contributed by atoms with van der Waals surface area (Å²) in [7, 11) is 0. The number of piperidine rings is 1. The summed E-state index contributed by atoms with van der Waals surface area (Å²) in [6, 6.07) is -0.429. The molecule has 7 nitrogen and oxygen atoms in total. The molecule has 0 aliphatic carbocycles. The molecule has 2 rings (SSSR count). The highest BCUT2D eigenvalue weighted by molar-refractivity contribution is 7.17. The summed E-state index contributed by atoms with van der Waals surface area (Å²) in [5.41, 5.74) is -0.267. The Labute approximate surface area is 113 Å². The Kier molecular flexibility index (Phi) is 3.79. The molecule has 1 atom stereocenters. The lowest BCUT2D eigenvalue weighted by molar-refractivity contribution is -0.123. The van der Waals surface area contributed by atoms with Crippen LogP contribution >= 0.6 is 11.3 Å². The third-order valence-electron chi connectivity index (χ3n) is 2.73. The van der Waals surface area contributed by atoms with E-state index in [0.717, 1.165) is 17.8 Å². The number of Topliss-reactive ketones (excluding diaryl/α,β-unsaturated/α-hetero) is 1. The predicted molar refractivity (Wildman–Crippen MR) is 68.7 cm³/mol. The smallest absolute Gasteiger partial charge is 0.356 e. The first-order valence-electron chi connectivity index (χ1n) is 5.78. The second kappa shape index (κ2) is 5.35. The SMILES string of the molecule is CC(=O)c1sc(NC2CCCNC2=O)nc1C(=O)O. The van der Waals surface area contributed by atoms with E-state index in [1.165, 1.54) is 6.92 Å². The van der Waals surface area contributed by atoms with Gasteiger partial charge in [-0.15, -0.1) is 0 Å². The van der Waals surface area contributed by atoms with E-state index in [2.05, 4.69) is 15.6 Å². The first-order chi connectivity index (χ1) is 8.99. The van der Waals surface area contributed by atoms with Gasteiger partial charge in [-0.3, -0.25) is 9.59 Å². The molecule has 0 aromatic carbocycles. The number of hydrogen-bond acceptors (Lipinski definition) is 6. The number of hydrogen-bond donors (Lipinski definition) is 3. The Morgan fingerprint density at radius 1 is 1.53 bits per heavy atom. The van der Waals surface area contributed by atoms with E-state index in [4.69, 9.17) is 5.11 Å². The molecule has 1 aliphatic rings. The number of amides is 1. The molecule has 1 aromatic heterocycles. The van der Waals surface area contributed by atoms with Crippen LogP contribution in [0.25, 0.3) is 0 Å². The van der Waals surface area contributed by atoms with Crippen molar-refractivity contribution in [1.82, 2.24) is 10.3 Å². The van der Waals surface area contributed by atoms with Crippen LogP contribution in [-0.4, -0.2) is 40.3 Å². The van der Waals surface area contributed by atoms with Crippen LogP contribution < -0.4 is 10.6 Å². The number of carboxylic acid groups (broad SMARTS) is 1. The van der Waals surface area contributed by atoms with Gasteiger partial charge < -0.3 is 15.7 Å². The Hall–Kier alpha value is -1.96. The van der Waals surface area contributed by atoms with Gasteiger partial charge in [-0.1, -0.05) is 11.3 Å². The zero-order chi connectivity index (χ0) is 14.0. The molecule has 0 bridgehead atoms. The highest BCUT2D eigenvalue weighted by Gasteiger charge is 2.25. The van der Waals surface area contributed by atoms with Gasteiger partial charge >= 0.3 is 5.97 Å². The largest absolute Gasteiger partial charge is 0.476 e. The number of rotatable bonds is 4. The second-order valence-corrected chi connectivity index (χ2v) is 5.19. The fraction of sp³-hybridized carbons (Fsp3) is 0.455. The highest BCUT2D eigenvalue weighted by Crippen LogP contribution is 2.25. The normalized spacial score (nSPS) is 18.8. The maximum atomic E-state index is 11.6. The number of carbonyl (C=O) groups is 3. The van der Waals surface area contributed by atoms with Crippen LogP contribution in [0.4, 0.5) is 5.13 Å². The summed E-state index contributed by atoms with van der Waals surface area (Å²) in [6.45, 7) is 1.94. The van der Waals surface area contributed by atoms with E-state index in [0.29, 0.717) is 13.0 Å². The van der Waals surface area contributed by atoms with Crippen LogP contribution in [-0.2, 0) is 4.79 Å². The average Bonchev–Trinajstić information content (AvgIpc) is 2.76. The molecular formula is C11H13N3O4S. The highest BCUT2D eigenvalue weighted by atomic mass is 32.1. The molecular weight excluding hydrogens is 270 g/mol. The number of aromatic nitrogens is 1. The molecule has 0 radical (unpaired) electrons. The fourth-order valence-electron chi connectivity index (χ4n) is 1.82. The molecule has 0 saturated carbocycles. The van der Waals surface area contributed by atoms with Gasteiger partial charge in [-0.2, -0.15) is 0 Å². The van der Waals surface area contributed by atoms with Crippen LogP contribution in [0.1, 0.15) is 39.9 Å². The van der Waals surface area contributed by atoms with Crippen molar-refractivity contribution in [3.63, 3.8) is 0 Å². The maximum absolute atomic E-state index is 11.6. The lowest BCUT2D eigenvalue weighted by Crippen LogP contribution is -2.44. The van der Waals surface area contributed by atoms with Crippen LogP contribution in [0.3, 0.4) is 0 Å². The molecule has 1 saturated heterocycles. The molecule has 0 spiro atoms. The molecule has 1 unspecified atom stereocenters. The number of anilines is 1. The average molecular weight is 283 g/mol. The van der Waals surface area contributed by atoms with Gasteiger partial charge in [0.1, 0.15) is 10.9 Å². The van der Waals surface area contributed by atoms with Crippen molar-refractivity contribution in [3.8, 4) is 0 Å². The summed E-state index contributed by atoms with van der Waals surface area (Å²) < 4.78 is 0. The van der Waals surface area contributed by atoms with Gasteiger partial charge in [0, 0.05) is 13.5 Å². The molecule has 8 heteroatoms. The fourth-order valence-corrected chi connectivity index (χ4v) is 2.73. The number of ketones is 1. The van der Waals surface area contributed by atoms with Crippen molar-refractivity contribution in [2.24, 2.45) is 0 Å². The van der Waals surface area contributed by atoms with Crippen LogP contribution in [0.5, 0.6) is 0 Å². The van der Waals surface area contributed by atoms with E-state index in [9.17, 15) is 14.4 Å². The van der Waals surface area contributed by atoms with Crippen molar-refractivity contribution in [2.45, 2.75) is 25.8 Å². The summed E-state index contributed by atoms with van der Waals surface area (Å²) in [5, 5.41) is 14.8. The minimum atomic E-state index is -1.25. The number of thiazole rings is 1. The van der Waals surface area contributed by atoms with E-state index in [1.807, 2.05) is 0 Å². The lowest BCUT2D eigenvalue weighted by atomic mass is 10.1. The number of nitrogens with one attached hydrogen (secondary N) is 2. The molecule has 1 amide bonds. The summed E-state index contributed by atoms with van der Waals surface area (Å²) >= 11 is 0.959. The standard InChI is InChI=1S/C11H13N3O4S/c1-5(15)8-7(10(17)18)14-11(19-8)13-6-3-2-4-12-9(6)16/h6H,2-4H2,1H3,(H,12,16)(H,13,14)(H,17,18). The monoisotopic (exact) mass is 283 g/mol.